The molecule has 3 nitrogen and oxygen atoms in total. The summed E-state index contributed by atoms with van der Waals surface area (Å²) in [6, 6.07) is 0. The summed E-state index contributed by atoms with van der Waals surface area (Å²) in [5.74, 6) is 0.177. The Kier molecular flexibility index (Phi) is 5.03. The normalized spacial score (nSPS) is 10.5. The molecule has 1 rings (SSSR count). The zero-order chi connectivity index (χ0) is 12.1. The molecule has 8 heteroatoms. The second kappa shape index (κ2) is 5.52. The number of hydrogen-bond acceptors (Lipinski definition) is 1. The van der Waals surface area contributed by atoms with E-state index in [0.717, 1.165) is 0 Å². The Morgan fingerprint density at radius 2 is 1.87 bits per heavy atom. The molecule has 0 atom stereocenters. The van der Waals surface area contributed by atoms with Gasteiger partial charge in [0.05, 0.1) is 7.05 Å². The maximum atomic E-state index is 10.6. The molecule has 0 bridgehead atoms. The fourth-order valence-corrected chi connectivity index (χ4v) is 0.852. The number of Topliss-reactive ketones (excluding diaryl/α,β-unsaturated/α-hetero) is 1. The van der Waals surface area contributed by atoms with Crippen LogP contribution in [0.15, 0.2) is 18.7 Å². The Morgan fingerprint density at radius 3 is 2.13 bits per heavy atom. The van der Waals surface area contributed by atoms with Gasteiger partial charge in [-0.15, -0.1) is 0 Å². The summed E-state index contributed by atoms with van der Waals surface area (Å²) in [5.41, 5.74) is 0. The lowest BCUT2D eigenvalue weighted by Crippen LogP contribution is -2.34. The SMILES string of the molecule is CC(=O)C[n+]1ccn(C)c1.F[B-](F)(F)F. The Labute approximate surface area is 84.4 Å². The summed E-state index contributed by atoms with van der Waals surface area (Å²) in [6.45, 7) is 2.06. The van der Waals surface area contributed by atoms with Gasteiger partial charge in [-0.05, 0) is 6.92 Å². The Bertz CT molecular complexity index is 317. The minimum atomic E-state index is -6.00. The number of halogens is 4. The van der Waals surface area contributed by atoms with Crippen LogP contribution in [0, 0.1) is 0 Å². The number of aryl methyl sites for hydroxylation is 1. The topological polar surface area (TPSA) is 25.9 Å². The van der Waals surface area contributed by atoms with Crippen LogP contribution in [-0.4, -0.2) is 17.6 Å². The molecule has 0 aliphatic rings. The third-order valence-corrected chi connectivity index (χ3v) is 1.23. The number of hydrogen-bond donors (Lipinski definition) is 0. The summed E-state index contributed by atoms with van der Waals surface area (Å²) < 4.78 is 42.8. The summed E-state index contributed by atoms with van der Waals surface area (Å²) in [5, 5.41) is 0. The van der Waals surface area contributed by atoms with Gasteiger partial charge in [-0.2, -0.15) is 0 Å². The van der Waals surface area contributed by atoms with Crippen molar-refractivity contribution in [3.63, 3.8) is 0 Å². The maximum absolute atomic E-state index is 10.6. The standard InChI is InChI=1S/C7H11N2O.BF4/c1-7(10)5-9-4-3-8(2)6-9;2-1(3,4)5/h3-4,6H,5H2,1-2H3;/q+1;-1. The van der Waals surface area contributed by atoms with E-state index in [4.69, 9.17) is 0 Å². The van der Waals surface area contributed by atoms with E-state index in [1.54, 1.807) is 6.92 Å². The van der Waals surface area contributed by atoms with Crippen LogP contribution in [0.2, 0.25) is 0 Å². The highest BCUT2D eigenvalue weighted by atomic mass is 19.5. The third-order valence-electron chi connectivity index (χ3n) is 1.23. The van der Waals surface area contributed by atoms with Gasteiger partial charge in [0.25, 0.3) is 0 Å². The summed E-state index contributed by atoms with van der Waals surface area (Å²) >= 11 is 0. The van der Waals surface area contributed by atoms with Crippen molar-refractivity contribution in [2.24, 2.45) is 7.05 Å². The average molecular weight is 226 g/mol. The fourth-order valence-electron chi connectivity index (χ4n) is 0.852. The third kappa shape index (κ3) is 10.6. The van der Waals surface area contributed by atoms with Crippen molar-refractivity contribution in [2.45, 2.75) is 13.5 Å². The lowest BCUT2D eigenvalue weighted by Gasteiger charge is -1.94. The van der Waals surface area contributed by atoms with Gasteiger partial charge >= 0.3 is 7.25 Å². The highest BCUT2D eigenvalue weighted by Gasteiger charge is 2.20. The number of aromatic nitrogens is 2. The van der Waals surface area contributed by atoms with Gasteiger partial charge in [0.2, 0.25) is 6.33 Å². The van der Waals surface area contributed by atoms with Crippen molar-refractivity contribution in [1.29, 1.82) is 0 Å². The fraction of sp³-hybridized carbons (Fsp3) is 0.429. The molecular weight excluding hydrogens is 215 g/mol. The molecule has 0 unspecified atom stereocenters. The van der Waals surface area contributed by atoms with Gasteiger partial charge in [0.15, 0.2) is 5.78 Å². The Balaban J connectivity index is 0.000000336. The number of nitrogens with zero attached hydrogens (tertiary/aromatic N) is 2. The van der Waals surface area contributed by atoms with E-state index in [2.05, 4.69) is 0 Å². The van der Waals surface area contributed by atoms with Gasteiger partial charge in [-0.1, -0.05) is 0 Å². The van der Waals surface area contributed by atoms with Gasteiger partial charge < -0.3 is 17.3 Å². The first-order chi connectivity index (χ1) is 6.68. The molecule has 1 aromatic rings. The zero-order valence-corrected chi connectivity index (χ0v) is 8.33. The molecular formula is C7H11BF4N2O. The average Bonchev–Trinajstić information content (AvgIpc) is 2.29. The highest BCUT2D eigenvalue weighted by molar-refractivity contribution is 6.50. The molecule has 1 aromatic heterocycles. The van der Waals surface area contributed by atoms with E-state index >= 15 is 0 Å². The largest absolute Gasteiger partial charge is 0.673 e. The smallest absolute Gasteiger partial charge is 0.418 e. The number of ketones is 1. The van der Waals surface area contributed by atoms with Gasteiger partial charge in [0.1, 0.15) is 18.9 Å². The molecule has 0 saturated carbocycles. The Hall–Kier alpha value is -1.34. The second-order valence-electron chi connectivity index (χ2n) is 2.95. The molecule has 0 aromatic carbocycles. The van der Waals surface area contributed by atoms with Gasteiger partial charge in [-0.25, -0.2) is 9.13 Å². The van der Waals surface area contributed by atoms with Gasteiger partial charge in [-0.3, -0.25) is 4.79 Å². The van der Waals surface area contributed by atoms with Gasteiger partial charge in [0, 0.05) is 0 Å². The molecule has 0 aliphatic heterocycles. The minimum Gasteiger partial charge on any atom is -0.418 e. The molecule has 15 heavy (non-hydrogen) atoms. The van der Waals surface area contributed by atoms with Crippen molar-refractivity contribution in [3.8, 4) is 0 Å². The van der Waals surface area contributed by atoms with Crippen molar-refractivity contribution < 1.29 is 26.6 Å². The molecule has 1 heterocycles. The number of rotatable bonds is 2. The van der Waals surface area contributed by atoms with Crippen LogP contribution in [0.1, 0.15) is 6.92 Å². The zero-order valence-electron chi connectivity index (χ0n) is 8.33. The highest BCUT2D eigenvalue weighted by Crippen LogP contribution is 2.06. The first-order valence-electron chi connectivity index (χ1n) is 4.06. The first kappa shape index (κ1) is 13.7. The first-order valence-corrected chi connectivity index (χ1v) is 4.06. The van der Waals surface area contributed by atoms with Crippen LogP contribution in [0.25, 0.3) is 0 Å². The van der Waals surface area contributed by atoms with Crippen LogP contribution in [0.4, 0.5) is 17.3 Å². The van der Waals surface area contributed by atoms with Crippen LogP contribution >= 0.6 is 0 Å². The Morgan fingerprint density at radius 1 is 1.40 bits per heavy atom. The molecule has 0 aliphatic carbocycles. The summed E-state index contributed by atoms with van der Waals surface area (Å²) in [6.07, 6.45) is 5.66. The van der Waals surface area contributed by atoms with Crippen LogP contribution in [0.5, 0.6) is 0 Å². The van der Waals surface area contributed by atoms with E-state index in [9.17, 15) is 22.1 Å². The predicted octanol–water partition coefficient (Wildman–Crippen LogP) is 1.20. The van der Waals surface area contributed by atoms with E-state index in [-0.39, 0.29) is 5.78 Å². The molecule has 0 radical (unpaired) electrons. The molecule has 0 N–H and O–H groups in total. The summed E-state index contributed by atoms with van der Waals surface area (Å²) in [4.78, 5) is 10.6. The van der Waals surface area contributed by atoms with E-state index in [1.165, 1.54) is 0 Å². The van der Waals surface area contributed by atoms with E-state index in [1.807, 2.05) is 34.9 Å². The van der Waals surface area contributed by atoms with Crippen molar-refractivity contribution in [3.05, 3.63) is 18.7 Å². The lowest BCUT2D eigenvalue weighted by molar-refractivity contribution is -0.683. The summed E-state index contributed by atoms with van der Waals surface area (Å²) in [7, 11) is -4.07. The number of carbonyl (C=O) groups is 1. The quantitative estimate of drug-likeness (QED) is 0.422. The second-order valence-corrected chi connectivity index (χ2v) is 2.95. The minimum absolute atomic E-state index is 0.177. The van der Waals surface area contributed by atoms with Crippen molar-refractivity contribution in [2.75, 3.05) is 0 Å². The van der Waals surface area contributed by atoms with Crippen LogP contribution in [-0.2, 0) is 18.4 Å². The molecule has 86 valence electrons. The molecule has 0 spiro atoms. The van der Waals surface area contributed by atoms with Crippen molar-refractivity contribution in [1.82, 2.24) is 4.57 Å². The van der Waals surface area contributed by atoms with E-state index in [0.29, 0.717) is 6.54 Å². The number of imidazole rings is 1. The lowest BCUT2D eigenvalue weighted by atomic mass is 10.3. The molecule has 0 amide bonds. The molecule has 0 saturated heterocycles. The maximum Gasteiger partial charge on any atom is 0.673 e. The number of carbonyl (C=O) groups excluding carboxylic acids is 1. The van der Waals surface area contributed by atoms with Crippen molar-refractivity contribution >= 4 is 13.0 Å². The van der Waals surface area contributed by atoms with E-state index < -0.39 is 7.25 Å². The van der Waals surface area contributed by atoms with Crippen LogP contribution in [0.3, 0.4) is 0 Å². The monoisotopic (exact) mass is 226 g/mol. The van der Waals surface area contributed by atoms with Crippen LogP contribution < -0.4 is 4.57 Å². The molecule has 0 fully saturated rings. The predicted molar refractivity (Wildman–Crippen MR) is 46.5 cm³/mol.